The van der Waals surface area contributed by atoms with Gasteiger partial charge in [0.1, 0.15) is 0 Å². The topological polar surface area (TPSA) is 33.2 Å². The standard InChI is InChI=1S/C14H16N2OS/c1-14(2,3)12(17)16(13-15-9-10-18-13)11-7-5-4-6-8-11/h4-10H,1-3H3. The summed E-state index contributed by atoms with van der Waals surface area (Å²) in [4.78, 5) is 18.5. The smallest absolute Gasteiger partial charge is 0.238 e. The summed E-state index contributed by atoms with van der Waals surface area (Å²) in [6, 6.07) is 9.62. The van der Waals surface area contributed by atoms with Crippen LogP contribution in [-0.2, 0) is 4.79 Å². The van der Waals surface area contributed by atoms with Crippen LogP contribution in [0.25, 0.3) is 0 Å². The van der Waals surface area contributed by atoms with Crippen molar-refractivity contribution in [1.29, 1.82) is 0 Å². The molecule has 0 radical (unpaired) electrons. The molecule has 3 nitrogen and oxygen atoms in total. The van der Waals surface area contributed by atoms with Gasteiger partial charge in [-0.2, -0.15) is 0 Å². The number of anilines is 2. The van der Waals surface area contributed by atoms with Crippen molar-refractivity contribution in [1.82, 2.24) is 4.98 Å². The molecular weight excluding hydrogens is 244 g/mol. The fourth-order valence-corrected chi connectivity index (χ4v) is 2.21. The van der Waals surface area contributed by atoms with Crippen molar-refractivity contribution in [2.45, 2.75) is 20.8 Å². The third kappa shape index (κ3) is 2.59. The molecule has 0 spiro atoms. The number of thiazole rings is 1. The fourth-order valence-electron chi connectivity index (χ4n) is 1.55. The Morgan fingerprint density at radius 1 is 1.22 bits per heavy atom. The Hall–Kier alpha value is -1.68. The van der Waals surface area contributed by atoms with Crippen LogP contribution in [0.4, 0.5) is 10.8 Å². The van der Waals surface area contributed by atoms with Gasteiger partial charge in [0.15, 0.2) is 5.13 Å². The molecule has 0 aliphatic heterocycles. The Bertz CT molecular complexity index is 514. The average Bonchev–Trinajstić information content (AvgIpc) is 2.83. The number of carbonyl (C=O) groups is 1. The zero-order valence-electron chi connectivity index (χ0n) is 10.8. The summed E-state index contributed by atoms with van der Waals surface area (Å²) in [5.41, 5.74) is 0.411. The van der Waals surface area contributed by atoms with Gasteiger partial charge in [-0.1, -0.05) is 39.0 Å². The highest BCUT2D eigenvalue weighted by Gasteiger charge is 2.30. The van der Waals surface area contributed by atoms with Crippen LogP contribution < -0.4 is 4.90 Å². The van der Waals surface area contributed by atoms with Crippen molar-refractivity contribution in [3.63, 3.8) is 0 Å². The first kappa shape index (κ1) is 12.8. The number of hydrogen-bond donors (Lipinski definition) is 0. The van der Waals surface area contributed by atoms with Gasteiger partial charge in [0, 0.05) is 17.0 Å². The lowest BCUT2D eigenvalue weighted by Gasteiger charge is -2.27. The molecule has 0 aliphatic rings. The van der Waals surface area contributed by atoms with Crippen LogP contribution >= 0.6 is 11.3 Å². The molecule has 0 aliphatic carbocycles. The Labute approximate surface area is 111 Å². The molecule has 0 saturated heterocycles. The van der Waals surface area contributed by atoms with Gasteiger partial charge in [0.25, 0.3) is 0 Å². The minimum atomic E-state index is -0.443. The molecule has 0 fully saturated rings. The first-order valence-electron chi connectivity index (χ1n) is 5.79. The van der Waals surface area contributed by atoms with Crippen LogP contribution in [0.1, 0.15) is 20.8 Å². The van der Waals surface area contributed by atoms with E-state index in [-0.39, 0.29) is 5.91 Å². The first-order chi connectivity index (χ1) is 8.50. The number of rotatable bonds is 2. The van der Waals surface area contributed by atoms with E-state index in [1.54, 1.807) is 11.1 Å². The molecule has 94 valence electrons. The second-order valence-corrected chi connectivity index (χ2v) is 5.91. The van der Waals surface area contributed by atoms with Crippen molar-refractivity contribution in [3.05, 3.63) is 41.9 Å². The van der Waals surface area contributed by atoms with Gasteiger partial charge in [-0.3, -0.25) is 9.69 Å². The molecule has 18 heavy (non-hydrogen) atoms. The van der Waals surface area contributed by atoms with Crippen molar-refractivity contribution in [2.24, 2.45) is 5.41 Å². The molecular formula is C14H16N2OS. The number of amides is 1. The Kier molecular flexibility index (Phi) is 3.48. The quantitative estimate of drug-likeness (QED) is 0.821. The van der Waals surface area contributed by atoms with Crippen LogP contribution in [0.5, 0.6) is 0 Å². The summed E-state index contributed by atoms with van der Waals surface area (Å²) in [6.07, 6.45) is 1.71. The van der Waals surface area contributed by atoms with E-state index in [1.807, 2.05) is 56.5 Å². The number of benzene rings is 1. The Balaban J connectivity index is 2.46. The second kappa shape index (κ2) is 4.90. The van der Waals surface area contributed by atoms with Crippen LogP contribution in [-0.4, -0.2) is 10.9 Å². The largest absolute Gasteiger partial charge is 0.273 e. The monoisotopic (exact) mass is 260 g/mol. The summed E-state index contributed by atoms with van der Waals surface area (Å²) in [5.74, 6) is 0.0450. The maximum absolute atomic E-state index is 12.6. The average molecular weight is 260 g/mol. The van der Waals surface area contributed by atoms with Gasteiger partial charge >= 0.3 is 0 Å². The van der Waals surface area contributed by atoms with Gasteiger partial charge in [-0.05, 0) is 12.1 Å². The van der Waals surface area contributed by atoms with E-state index in [4.69, 9.17) is 0 Å². The van der Waals surface area contributed by atoms with E-state index < -0.39 is 5.41 Å². The minimum absolute atomic E-state index is 0.0450. The van der Waals surface area contributed by atoms with Crippen LogP contribution in [0.2, 0.25) is 0 Å². The molecule has 1 aromatic carbocycles. The summed E-state index contributed by atoms with van der Waals surface area (Å²) in [5, 5.41) is 2.59. The molecule has 0 unspecified atom stereocenters. The van der Waals surface area contributed by atoms with Crippen LogP contribution in [0.15, 0.2) is 41.9 Å². The van der Waals surface area contributed by atoms with Crippen molar-refractivity contribution < 1.29 is 4.79 Å². The molecule has 0 saturated carbocycles. The molecule has 0 N–H and O–H groups in total. The second-order valence-electron chi connectivity index (χ2n) is 5.04. The maximum Gasteiger partial charge on any atom is 0.238 e. The molecule has 2 aromatic rings. The van der Waals surface area contributed by atoms with Crippen molar-refractivity contribution >= 4 is 28.1 Å². The fraction of sp³-hybridized carbons (Fsp3) is 0.286. The third-order valence-corrected chi connectivity index (χ3v) is 3.23. The van der Waals surface area contributed by atoms with E-state index in [2.05, 4.69) is 4.98 Å². The lowest BCUT2D eigenvalue weighted by molar-refractivity contribution is -0.125. The maximum atomic E-state index is 12.6. The van der Waals surface area contributed by atoms with Crippen molar-refractivity contribution in [2.75, 3.05) is 4.90 Å². The molecule has 0 atom stereocenters. The summed E-state index contributed by atoms with van der Waals surface area (Å²) >= 11 is 1.46. The molecule has 1 amide bonds. The highest BCUT2D eigenvalue weighted by molar-refractivity contribution is 7.13. The van der Waals surface area contributed by atoms with Crippen LogP contribution in [0, 0.1) is 5.41 Å². The van der Waals surface area contributed by atoms with E-state index >= 15 is 0 Å². The summed E-state index contributed by atoms with van der Waals surface area (Å²) in [7, 11) is 0. The van der Waals surface area contributed by atoms with Gasteiger partial charge in [-0.25, -0.2) is 4.98 Å². The lowest BCUT2D eigenvalue weighted by atomic mass is 9.94. The lowest BCUT2D eigenvalue weighted by Crippen LogP contribution is -2.36. The predicted molar refractivity (Wildman–Crippen MR) is 75.2 cm³/mol. The molecule has 2 rings (SSSR count). The van der Waals surface area contributed by atoms with E-state index in [1.165, 1.54) is 11.3 Å². The van der Waals surface area contributed by atoms with Gasteiger partial charge in [-0.15, -0.1) is 11.3 Å². The zero-order valence-corrected chi connectivity index (χ0v) is 11.6. The summed E-state index contributed by atoms with van der Waals surface area (Å²) < 4.78 is 0. The number of para-hydroxylation sites is 1. The zero-order chi connectivity index (χ0) is 13.2. The SMILES string of the molecule is CC(C)(C)C(=O)N(c1ccccc1)c1nccs1. The van der Waals surface area contributed by atoms with Gasteiger partial charge in [0.2, 0.25) is 5.91 Å². The molecule has 4 heteroatoms. The minimum Gasteiger partial charge on any atom is -0.273 e. The number of aromatic nitrogens is 1. The van der Waals surface area contributed by atoms with E-state index in [9.17, 15) is 4.79 Å². The molecule has 0 bridgehead atoms. The van der Waals surface area contributed by atoms with E-state index in [0.717, 1.165) is 5.69 Å². The van der Waals surface area contributed by atoms with Crippen molar-refractivity contribution in [3.8, 4) is 0 Å². The van der Waals surface area contributed by atoms with Crippen LogP contribution in [0.3, 0.4) is 0 Å². The third-order valence-electron chi connectivity index (χ3n) is 2.47. The van der Waals surface area contributed by atoms with Gasteiger partial charge in [0.05, 0.1) is 5.69 Å². The number of hydrogen-bond acceptors (Lipinski definition) is 3. The predicted octanol–water partition coefficient (Wildman–Crippen LogP) is 3.85. The number of nitrogens with zero attached hydrogens (tertiary/aromatic N) is 2. The van der Waals surface area contributed by atoms with E-state index in [0.29, 0.717) is 5.13 Å². The Morgan fingerprint density at radius 3 is 2.39 bits per heavy atom. The highest BCUT2D eigenvalue weighted by Crippen LogP contribution is 2.31. The number of carbonyl (C=O) groups excluding carboxylic acids is 1. The summed E-state index contributed by atoms with van der Waals surface area (Å²) in [6.45, 7) is 5.75. The highest BCUT2D eigenvalue weighted by atomic mass is 32.1. The first-order valence-corrected chi connectivity index (χ1v) is 6.67. The normalized spacial score (nSPS) is 11.3. The molecule has 1 aromatic heterocycles. The Morgan fingerprint density at radius 2 is 1.89 bits per heavy atom. The van der Waals surface area contributed by atoms with Gasteiger partial charge < -0.3 is 0 Å². The molecule has 1 heterocycles.